The molecule has 8 heteroatoms. The molecule has 0 saturated heterocycles. The molecule has 3 aliphatic heterocycles. The van der Waals surface area contributed by atoms with E-state index in [1.807, 2.05) is 18.2 Å². The van der Waals surface area contributed by atoms with E-state index in [0.717, 1.165) is 122 Å². The van der Waals surface area contributed by atoms with Gasteiger partial charge in [0.15, 0.2) is 11.5 Å². The molecule has 534 valence electrons. The summed E-state index contributed by atoms with van der Waals surface area (Å²) >= 11 is 0. The van der Waals surface area contributed by atoms with Gasteiger partial charge in [-0.1, -0.05) is 240 Å². The van der Waals surface area contributed by atoms with Gasteiger partial charge in [-0.05, 0) is 233 Å². The number of rotatable bonds is 15. The highest BCUT2D eigenvalue weighted by Crippen LogP contribution is 2.58. The lowest BCUT2D eigenvalue weighted by molar-refractivity contribution is 0.477. The first kappa shape index (κ1) is 67.5. The maximum atomic E-state index is 6.70. The Kier molecular flexibility index (Phi) is 17.6. The third-order valence-electron chi connectivity index (χ3n) is 22.1. The van der Waals surface area contributed by atoms with Crippen molar-refractivity contribution in [2.75, 3.05) is 40.8 Å². The van der Waals surface area contributed by atoms with Gasteiger partial charge in [0.05, 0.1) is 56.9 Å². The number of hydrogen-bond acceptors (Lipinski definition) is 8. The standard InChI is InChI=1S/C54H38N4O.C49H43N3/c1-4-16-39(17-5-1)40-28-30-43(31-29-40)55(46-36-37-52-54(38-46)59-53-27-15-14-26-51(53)58(52)42-20-8-3-9-21-42)44-32-34-45(35-33-44)57-49-24-12-10-22-47(49)56(41-18-6-2-7-19-41)48-23-11-13-25-50(48)57;1-4-5-33-50-45-19-11-13-21-47(45)52(48-22-14-12-20-46(48)50)39-29-27-38(28-30-39)51(37-25-23-36(24-26-37)35-15-7-6-8-16-35)40-31-32-42-41-17-9-10-18-43(41)49(2,3)44(42)34-40/h1-38H;6-32,34H,4-5,33H2,1-3H3. The highest BCUT2D eigenvalue weighted by Gasteiger charge is 2.37. The number of benzene rings is 16. The predicted octanol–water partition coefficient (Wildman–Crippen LogP) is 29.5. The minimum absolute atomic E-state index is 0.0886. The van der Waals surface area contributed by atoms with Crippen LogP contribution >= 0.6 is 0 Å². The molecular weight excluding hydrogens is 1350 g/mol. The fourth-order valence-corrected chi connectivity index (χ4v) is 16.8. The van der Waals surface area contributed by atoms with Gasteiger partial charge in [0.25, 0.3) is 0 Å². The minimum atomic E-state index is -0.0886. The van der Waals surface area contributed by atoms with Crippen LogP contribution < -0.4 is 39.0 Å². The zero-order valence-electron chi connectivity index (χ0n) is 62.3. The normalized spacial score (nSPS) is 13.0. The van der Waals surface area contributed by atoms with E-state index in [2.05, 4.69) is 437 Å². The maximum Gasteiger partial charge on any atom is 0.153 e. The Labute approximate surface area is 650 Å². The highest BCUT2D eigenvalue weighted by atomic mass is 16.5. The van der Waals surface area contributed by atoms with Crippen LogP contribution in [0, 0.1) is 0 Å². The van der Waals surface area contributed by atoms with Crippen LogP contribution in [0.4, 0.5) is 114 Å². The Hall–Kier alpha value is -14.1. The van der Waals surface area contributed by atoms with Crippen molar-refractivity contribution in [3.63, 3.8) is 0 Å². The zero-order chi connectivity index (χ0) is 74.4. The summed E-state index contributed by atoms with van der Waals surface area (Å²) in [5.41, 5.74) is 32.4. The molecule has 0 N–H and O–H groups in total. The van der Waals surface area contributed by atoms with Gasteiger partial charge in [-0.25, -0.2) is 0 Å². The molecule has 0 spiro atoms. The second kappa shape index (κ2) is 28.9. The Bertz CT molecular complexity index is 5940. The molecule has 1 aliphatic carbocycles. The molecule has 111 heavy (non-hydrogen) atoms. The molecule has 4 aliphatic rings. The van der Waals surface area contributed by atoms with E-state index in [9.17, 15) is 0 Å². The van der Waals surface area contributed by atoms with Crippen LogP contribution in [0.5, 0.6) is 11.5 Å². The van der Waals surface area contributed by atoms with Crippen LogP contribution in [-0.4, -0.2) is 6.54 Å². The summed E-state index contributed by atoms with van der Waals surface area (Å²) in [5, 5.41) is 0. The molecule has 0 atom stereocenters. The number of unbranched alkanes of at least 4 members (excludes halogenated alkanes) is 1. The van der Waals surface area contributed by atoms with Crippen LogP contribution in [0.15, 0.2) is 400 Å². The average Bonchev–Trinajstić information content (AvgIpc) is 1.26. The van der Waals surface area contributed by atoms with Gasteiger partial charge in [-0.15, -0.1) is 0 Å². The molecular formula is C103H81N7O. The molecule has 16 aromatic carbocycles. The Morgan fingerprint density at radius 2 is 0.568 bits per heavy atom. The summed E-state index contributed by atoms with van der Waals surface area (Å²) < 4.78 is 6.70. The van der Waals surface area contributed by atoms with Crippen LogP contribution in [0.3, 0.4) is 0 Å². The number of ether oxygens (including phenoxy) is 1. The van der Waals surface area contributed by atoms with Crippen LogP contribution in [-0.2, 0) is 5.41 Å². The van der Waals surface area contributed by atoms with Crippen molar-refractivity contribution < 1.29 is 4.74 Å². The van der Waals surface area contributed by atoms with E-state index in [4.69, 9.17) is 4.74 Å². The van der Waals surface area contributed by atoms with E-state index in [0.29, 0.717) is 0 Å². The molecule has 8 nitrogen and oxygen atoms in total. The summed E-state index contributed by atoms with van der Waals surface area (Å²) in [6.07, 6.45) is 2.30. The Balaban J connectivity index is 0.000000151. The first-order valence-electron chi connectivity index (χ1n) is 38.5. The van der Waals surface area contributed by atoms with Gasteiger partial charge in [0, 0.05) is 74.9 Å². The quantitative estimate of drug-likeness (QED) is 0.100. The average molecular weight is 1430 g/mol. The van der Waals surface area contributed by atoms with Crippen molar-refractivity contribution in [2.45, 2.75) is 39.0 Å². The molecule has 0 saturated carbocycles. The van der Waals surface area contributed by atoms with Crippen molar-refractivity contribution in [3.8, 4) is 44.9 Å². The van der Waals surface area contributed by atoms with Gasteiger partial charge in [-0.3, -0.25) is 0 Å². The number of hydrogen-bond donors (Lipinski definition) is 0. The molecule has 20 rings (SSSR count). The zero-order valence-corrected chi connectivity index (χ0v) is 62.3. The first-order chi connectivity index (χ1) is 54.8. The third kappa shape index (κ3) is 12.3. The number of para-hydroxylation sites is 12. The summed E-state index contributed by atoms with van der Waals surface area (Å²) in [6, 6.07) is 144. The van der Waals surface area contributed by atoms with E-state index in [1.54, 1.807) is 0 Å². The largest absolute Gasteiger partial charge is 0.453 e. The SMILES string of the molecule is CCCCN1c2ccccc2N(c2ccc(N(c3ccc(-c4ccccc4)cc3)c3ccc4c(c3)C(C)(C)c3ccccc3-4)cc2)c2ccccc21.c1ccc(-c2ccc(N(c3ccc(N4c5ccccc5N(c5ccccc5)c5ccccc54)cc3)c3ccc4c(c3)Oc3ccccc3N4c3ccccc3)cc2)cc1. The highest BCUT2D eigenvalue weighted by molar-refractivity contribution is 6.03. The van der Waals surface area contributed by atoms with Gasteiger partial charge in [0.2, 0.25) is 0 Å². The van der Waals surface area contributed by atoms with Gasteiger partial charge in [-0.2, -0.15) is 0 Å². The second-order valence-electron chi connectivity index (χ2n) is 29.1. The van der Waals surface area contributed by atoms with E-state index < -0.39 is 0 Å². The lowest BCUT2D eigenvalue weighted by atomic mass is 9.82. The summed E-state index contributed by atoms with van der Waals surface area (Å²) in [4.78, 5) is 16.6. The monoisotopic (exact) mass is 1430 g/mol. The minimum Gasteiger partial charge on any atom is -0.453 e. The topological polar surface area (TPSA) is 31.9 Å². The van der Waals surface area contributed by atoms with E-state index >= 15 is 0 Å². The number of nitrogens with zero attached hydrogens (tertiary/aromatic N) is 7. The second-order valence-corrected chi connectivity index (χ2v) is 29.1. The number of fused-ring (bicyclic) bond motifs is 9. The van der Waals surface area contributed by atoms with Gasteiger partial charge in [0.1, 0.15) is 0 Å². The molecule has 0 amide bonds. The fraction of sp³-hybridized carbons (Fsp3) is 0.0680. The van der Waals surface area contributed by atoms with Crippen molar-refractivity contribution in [1.29, 1.82) is 0 Å². The van der Waals surface area contributed by atoms with E-state index in [1.165, 1.54) is 67.3 Å². The smallest absolute Gasteiger partial charge is 0.153 e. The molecule has 0 fully saturated rings. The summed E-state index contributed by atoms with van der Waals surface area (Å²) in [5.74, 6) is 1.61. The fourth-order valence-electron chi connectivity index (χ4n) is 16.8. The maximum absolute atomic E-state index is 6.70. The molecule has 0 unspecified atom stereocenters. The summed E-state index contributed by atoms with van der Waals surface area (Å²) in [7, 11) is 0. The predicted molar refractivity (Wildman–Crippen MR) is 465 cm³/mol. The van der Waals surface area contributed by atoms with Crippen molar-refractivity contribution in [3.05, 3.63) is 412 Å². The number of anilines is 20. The molecule has 16 aromatic rings. The molecule has 3 heterocycles. The lowest BCUT2D eigenvalue weighted by Gasteiger charge is -2.40. The Morgan fingerprint density at radius 1 is 0.252 bits per heavy atom. The van der Waals surface area contributed by atoms with Crippen LogP contribution in [0.25, 0.3) is 33.4 Å². The molecule has 0 aromatic heterocycles. The van der Waals surface area contributed by atoms with Crippen molar-refractivity contribution >= 4 is 114 Å². The van der Waals surface area contributed by atoms with Crippen LogP contribution in [0.1, 0.15) is 44.7 Å². The first-order valence-corrected chi connectivity index (χ1v) is 38.5. The van der Waals surface area contributed by atoms with Crippen LogP contribution in [0.2, 0.25) is 0 Å². The summed E-state index contributed by atoms with van der Waals surface area (Å²) in [6.45, 7) is 7.97. The third-order valence-corrected chi connectivity index (χ3v) is 22.1. The van der Waals surface area contributed by atoms with Gasteiger partial charge >= 0.3 is 0 Å². The van der Waals surface area contributed by atoms with Crippen molar-refractivity contribution in [1.82, 2.24) is 0 Å². The molecule has 0 bridgehead atoms. The molecule has 0 radical (unpaired) electrons. The van der Waals surface area contributed by atoms with Gasteiger partial charge < -0.3 is 39.0 Å². The lowest BCUT2D eigenvalue weighted by Crippen LogP contribution is -2.27. The van der Waals surface area contributed by atoms with E-state index in [-0.39, 0.29) is 5.41 Å². The Morgan fingerprint density at radius 3 is 1.03 bits per heavy atom. The van der Waals surface area contributed by atoms with Crippen molar-refractivity contribution in [2.24, 2.45) is 0 Å².